The van der Waals surface area contributed by atoms with Crippen LogP contribution < -0.4 is 5.32 Å². The zero-order chi connectivity index (χ0) is 17.6. The molecule has 1 aliphatic rings. The van der Waals surface area contributed by atoms with E-state index in [4.69, 9.17) is 4.98 Å². The van der Waals surface area contributed by atoms with Crippen LogP contribution in [-0.4, -0.2) is 33.3 Å². The van der Waals surface area contributed by atoms with Crippen molar-refractivity contribution in [2.45, 2.75) is 20.8 Å². The van der Waals surface area contributed by atoms with E-state index in [2.05, 4.69) is 57.8 Å². The lowest BCUT2D eigenvalue weighted by Crippen LogP contribution is -2.08. The smallest absolute Gasteiger partial charge is 0.159 e. The van der Waals surface area contributed by atoms with E-state index in [-0.39, 0.29) is 0 Å². The Balaban J connectivity index is 0.000000880. The molecule has 1 aliphatic heterocycles. The summed E-state index contributed by atoms with van der Waals surface area (Å²) < 4.78 is 0. The molecule has 0 saturated carbocycles. The Morgan fingerprint density at radius 3 is 2.48 bits per heavy atom. The summed E-state index contributed by atoms with van der Waals surface area (Å²) in [7, 11) is 0. The van der Waals surface area contributed by atoms with Gasteiger partial charge in [0.2, 0.25) is 0 Å². The third kappa shape index (κ3) is 3.67. The number of aromatic nitrogens is 4. The van der Waals surface area contributed by atoms with Crippen LogP contribution in [0.2, 0.25) is 0 Å². The van der Waals surface area contributed by atoms with Gasteiger partial charge in [-0.1, -0.05) is 49.8 Å². The Morgan fingerprint density at radius 1 is 1.04 bits per heavy atom. The molecule has 0 unspecified atom stereocenters. The molecule has 3 heterocycles. The number of rotatable bonds is 3. The van der Waals surface area contributed by atoms with E-state index in [0.29, 0.717) is 0 Å². The Morgan fingerprint density at radius 2 is 1.84 bits per heavy atom. The van der Waals surface area contributed by atoms with Gasteiger partial charge in [-0.05, 0) is 18.6 Å². The van der Waals surface area contributed by atoms with Crippen molar-refractivity contribution < 1.29 is 0 Å². The molecule has 5 heteroatoms. The van der Waals surface area contributed by atoms with Crippen molar-refractivity contribution in [3.63, 3.8) is 0 Å². The highest BCUT2D eigenvalue weighted by atomic mass is 15.1. The largest absolute Gasteiger partial charge is 0.309 e. The normalized spacial score (nSPS) is 13.2. The number of benzene rings is 1. The third-order valence-electron chi connectivity index (χ3n) is 4.01. The molecule has 1 aromatic carbocycles. The van der Waals surface area contributed by atoms with E-state index in [1.807, 2.05) is 26.1 Å². The monoisotopic (exact) mass is 333 g/mol. The van der Waals surface area contributed by atoms with Gasteiger partial charge in [-0.3, -0.25) is 5.10 Å². The summed E-state index contributed by atoms with van der Waals surface area (Å²) in [6.07, 6.45) is 5.84. The third-order valence-corrected chi connectivity index (χ3v) is 4.01. The minimum Gasteiger partial charge on any atom is -0.309 e. The van der Waals surface area contributed by atoms with Gasteiger partial charge in [-0.15, -0.1) is 0 Å². The molecule has 128 valence electrons. The highest BCUT2D eigenvalue weighted by Gasteiger charge is 2.16. The summed E-state index contributed by atoms with van der Waals surface area (Å²) in [6.45, 7) is 7.80. The molecule has 0 fully saturated rings. The number of nitrogens with one attached hydrogen (secondary N) is 2. The maximum absolute atomic E-state index is 4.81. The average molecular weight is 333 g/mol. The Labute approximate surface area is 148 Å². The number of hydrogen-bond donors (Lipinski definition) is 2. The van der Waals surface area contributed by atoms with Gasteiger partial charge in [0.15, 0.2) is 5.82 Å². The molecular formula is C20H23N5. The van der Waals surface area contributed by atoms with Gasteiger partial charge in [0.25, 0.3) is 0 Å². The minimum atomic E-state index is 0.727. The van der Waals surface area contributed by atoms with Crippen LogP contribution in [0, 0.1) is 6.92 Å². The van der Waals surface area contributed by atoms with Crippen LogP contribution in [0.5, 0.6) is 0 Å². The Hall–Kier alpha value is -2.79. The number of H-pyrrole nitrogens is 1. The minimum absolute atomic E-state index is 0.727. The molecule has 2 N–H and O–H groups in total. The van der Waals surface area contributed by atoms with Crippen molar-refractivity contribution in [2.75, 3.05) is 13.1 Å². The van der Waals surface area contributed by atoms with Crippen LogP contribution in [0.15, 0.2) is 48.8 Å². The molecule has 0 bridgehead atoms. The van der Waals surface area contributed by atoms with Crippen LogP contribution in [-0.2, 0) is 0 Å². The number of aryl methyl sites for hydroxylation is 1. The van der Waals surface area contributed by atoms with Crippen molar-refractivity contribution in [1.29, 1.82) is 0 Å². The molecule has 5 nitrogen and oxygen atoms in total. The maximum Gasteiger partial charge on any atom is 0.159 e. The lowest BCUT2D eigenvalue weighted by Gasteiger charge is -2.10. The summed E-state index contributed by atoms with van der Waals surface area (Å²) in [6, 6.07) is 10.2. The predicted molar refractivity (Wildman–Crippen MR) is 102 cm³/mol. The van der Waals surface area contributed by atoms with Crippen LogP contribution >= 0.6 is 0 Å². The molecular weight excluding hydrogens is 310 g/mol. The molecule has 0 aliphatic carbocycles. The molecule has 0 saturated heterocycles. The SMILES string of the molecule is CC.Cc1ccc(-c2ncc(C3=CCNC3)c(-c3ccn[nH]3)n2)cc1. The first-order chi connectivity index (χ1) is 12.3. The van der Waals surface area contributed by atoms with Crippen LogP contribution in [0.1, 0.15) is 25.0 Å². The Bertz CT molecular complexity index is 848. The second-order valence-corrected chi connectivity index (χ2v) is 5.65. The highest BCUT2D eigenvalue weighted by Crippen LogP contribution is 2.28. The van der Waals surface area contributed by atoms with Crippen molar-refractivity contribution in [3.8, 4) is 22.8 Å². The molecule has 25 heavy (non-hydrogen) atoms. The first kappa shape index (κ1) is 17.0. The molecule has 0 amide bonds. The Kier molecular flexibility index (Phi) is 5.36. The lowest BCUT2D eigenvalue weighted by atomic mass is 10.0. The van der Waals surface area contributed by atoms with E-state index >= 15 is 0 Å². The summed E-state index contributed by atoms with van der Waals surface area (Å²) >= 11 is 0. The van der Waals surface area contributed by atoms with Gasteiger partial charge in [0, 0.05) is 36.6 Å². The van der Waals surface area contributed by atoms with Crippen molar-refractivity contribution >= 4 is 5.57 Å². The van der Waals surface area contributed by atoms with E-state index in [1.165, 1.54) is 11.1 Å². The van der Waals surface area contributed by atoms with E-state index in [9.17, 15) is 0 Å². The zero-order valence-electron chi connectivity index (χ0n) is 14.9. The molecule has 4 rings (SSSR count). The van der Waals surface area contributed by atoms with Crippen molar-refractivity contribution in [1.82, 2.24) is 25.5 Å². The molecule has 2 aromatic heterocycles. The lowest BCUT2D eigenvalue weighted by molar-refractivity contribution is 0.896. The van der Waals surface area contributed by atoms with Crippen LogP contribution in [0.4, 0.5) is 0 Å². The molecule has 0 atom stereocenters. The second kappa shape index (κ2) is 7.85. The summed E-state index contributed by atoms with van der Waals surface area (Å²) in [5, 5.41) is 10.4. The summed E-state index contributed by atoms with van der Waals surface area (Å²) in [5.41, 5.74) is 6.31. The number of hydrogen-bond acceptors (Lipinski definition) is 4. The fourth-order valence-electron chi connectivity index (χ4n) is 2.73. The van der Waals surface area contributed by atoms with Gasteiger partial charge < -0.3 is 5.32 Å². The highest BCUT2D eigenvalue weighted by molar-refractivity contribution is 5.80. The second-order valence-electron chi connectivity index (χ2n) is 5.65. The quantitative estimate of drug-likeness (QED) is 0.764. The van der Waals surface area contributed by atoms with E-state index < -0.39 is 0 Å². The van der Waals surface area contributed by atoms with Crippen LogP contribution in [0.3, 0.4) is 0 Å². The van der Waals surface area contributed by atoms with E-state index in [1.54, 1.807) is 6.20 Å². The molecule has 0 spiro atoms. The van der Waals surface area contributed by atoms with Gasteiger partial charge >= 0.3 is 0 Å². The average Bonchev–Trinajstić information content (AvgIpc) is 3.37. The zero-order valence-corrected chi connectivity index (χ0v) is 14.9. The topological polar surface area (TPSA) is 66.5 Å². The van der Waals surface area contributed by atoms with Gasteiger partial charge in [0.1, 0.15) is 0 Å². The summed E-state index contributed by atoms with van der Waals surface area (Å²) in [5.74, 6) is 0.727. The standard InChI is InChI=1S/C18H17N5.C2H6/c1-12-2-4-13(5-3-12)18-20-11-15(14-6-8-19-10-14)17(22-18)16-7-9-21-23-16;1-2/h2-7,9,11,19H,8,10H2,1H3,(H,21,23);1-2H3. The van der Waals surface area contributed by atoms with Gasteiger partial charge in [-0.2, -0.15) is 5.10 Å². The first-order valence-corrected chi connectivity index (χ1v) is 8.65. The predicted octanol–water partition coefficient (Wildman–Crippen LogP) is 3.85. The van der Waals surface area contributed by atoms with Crippen LogP contribution in [0.25, 0.3) is 28.3 Å². The number of nitrogens with zero attached hydrogens (tertiary/aromatic N) is 3. The fourth-order valence-corrected chi connectivity index (χ4v) is 2.73. The maximum atomic E-state index is 4.81. The van der Waals surface area contributed by atoms with Gasteiger partial charge in [-0.25, -0.2) is 9.97 Å². The van der Waals surface area contributed by atoms with Crippen molar-refractivity contribution in [2.24, 2.45) is 0 Å². The first-order valence-electron chi connectivity index (χ1n) is 8.65. The van der Waals surface area contributed by atoms with Gasteiger partial charge in [0.05, 0.1) is 11.4 Å². The van der Waals surface area contributed by atoms with E-state index in [0.717, 1.165) is 41.4 Å². The molecule has 0 radical (unpaired) electrons. The van der Waals surface area contributed by atoms with Crippen molar-refractivity contribution in [3.05, 3.63) is 59.9 Å². The summed E-state index contributed by atoms with van der Waals surface area (Å²) in [4.78, 5) is 9.39. The fraction of sp³-hybridized carbons (Fsp3) is 0.250. The number of aromatic amines is 1. The molecule has 3 aromatic rings.